The molecule has 3 rings (SSSR count). The van der Waals surface area contributed by atoms with Crippen LogP contribution in [0.5, 0.6) is 17.2 Å². The van der Waals surface area contributed by atoms with E-state index in [9.17, 15) is 5.11 Å². The van der Waals surface area contributed by atoms with E-state index >= 15 is 0 Å². The highest BCUT2D eigenvalue weighted by atomic mass is 16.7. The largest absolute Gasteiger partial charge is 0.492 e. The predicted octanol–water partition coefficient (Wildman–Crippen LogP) is 1.34. The maximum absolute atomic E-state index is 10.6. The van der Waals surface area contributed by atoms with Crippen molar-refractivity contribution in [1.82, 2.24) is 0 Å². The Hall–Kier alpha value is -1.90. The molecule has 0 aliphatic carbocycles. The number of aliphatic hydroxyl groups is 1. The van der Waals surface area contributed by atoms with E-state index < -0.39 is 5.60 Å². The van der Waals surface area contributed by atoms with Gasteiger partial charge in [0.2, 0.25) is 12.5 Å². The molecule has 5 nitrogen and oxygen atoms in total. The number of methoxy groups -OCH3 is 1. The van der Waals surface area contributed by atoms with Crippen molar-refractivity contribution in [1.29, 1.82) is 0 Å². The molecule has 0 fully saturated rings. The van der Waals surface area contributed by atoms with Gasteiger partial charge < -0.3 is 24.2 Å². The maximum Gasteiger partial charge on any atom is 0.231 e. The molecule has 25 heavy (non-hydrogen) atoms. The van der Waals surface area contributed by atoms with Gasteiger partial charge in [-0.05, 0) is 36.8 Å². The number of hydrogen-bond acceptors (Lipinski definition) is 4. The molecule has 1 aromatic rings. The van der Waals surface area contributed by atoms with Crippen LogP contribution in [0, 0.1) is 17.8 Å². The Labute approximate surface area is 149 Å². The van der Waals surface area contributed by atoms with Gasteiger partial charge in [0.15, 0.2) is 17.5 Å². The number of rotatable bonds is 3. The summed E-state index contributed by atoms with van der Waals surface area (Å²) in [5, 5.41) is 10.6. The van der Waals surface area contributed by atoms with E-state index in [1.54, 1.807) is 14.0 Å². The number of hydrogen-bond donors (Lipinski definition) is 2. The zero-order valence-corrected chi connectivity index (χ0v) is 15.7. The summed E-state index contributed by atoms with van der Waals surface area (Å²) >= 11 is 0. The number of benzene rings is 1. The van der Waals surface area contributed by atoms with E-state index in [-0.39, 0.29) is 12.8 Å². The second-order valence-corrected chi connectivity index (χ2v) is 7.64. The highest BCUT2D eigenvalue weighted by Gasteiger charge is 2.36. The highest BCUT2D eigenvalue weighted by molar-refractivity contribution is 5.62. The van der Waals surface area contributed by atoms with Crippen molar-refractivity contribution in [2.75, 3.05) is 27.5 Å². The van der Waals surface area contributed by atoms with Crippen LogP contribution in [-0.4, -0.2) is 38.2 Å². The first-order valence-corrected chi connectivity index (χ1v) is 8.89. The molecule has 0 aromatic heterocycles. The molecule has 0 saturated heterocycles. The van der Waals surface area contributed by atoms with E-state index in [0.29, 0.717) is 23.8 Å². The number of nitrogens with one attached hydrogen (secondary N) is 1. The maximum atomic E-state index is 10.6. The third-order valence-electron chi connectivity index (χ3n) is 4.81. The van der Waals surface area contributed by atoms with Crippen LogP contribution in [-0.2, 0) is 6.42 Å². The topological polar surface area (TPSA) is 52.4 Å². The lowest BCUT2D eigenvalue weighted by Gasteiger charge is -2.30. The van der Waals surface area contributed by atoms with Gasteiger partial charge in [0.1, 0.15) is 5.60 Å². The van der Waals surface area contributed by atoms with Crippen LogP contribution < -0.4 is 19.1 Å². The van der Waals surface area contributed by atoms with Crippen LogP contribution in [0.1, 0.15) is 44.4 Å². The third kappa shape index (κ3) is 3.56. The normalized spacial score (nSPS) is 23.5. The van der Waals surface area contributed by atoms with Crippen LogP contribution in [0.25, 0.3) is 0 Å². The second kappa shape index (κ2) is 6.78. The Morgan fingerprint density at radius 1 is 1.44 bits per heavy atom. The lowest BCUT2D eigenvalue weighted by Crippen LogP contribution is -3.10. The molecule has 2 aliphatic heterocycles. The molecular weight excluding hydrogens is 318 g/mol. The molecule has 5 heteroatoms. The Kier molecular flexibility index (Phi) is 4.86. The fraction of sp³-hybridized carbons (Fsp3) is 0.600. The molecule has 136 valence electrons. The minimum atomic E-state index is -0.990. The second-order valence-electron chi connectivity index (χ2n) is 7.64. The Balaban J connectivity index is 2.03. The zero-order valence-electron chi connectivity index (χ0n) is 15.7. The highest BCUT2D eigenvalue weighted by Crippen LogP contribution is 2.47. The molecule has 0 saturated carbocycles. The SMILES string of the molecule is COc1c2c(cc3c1[C@@H](C#C[C@](C)(O)CC(C)C)[NH+](C)CC3)OCO2. The fourth-order valence-electron chi connectivity index (χ4n) is 3.79. The number of likely N-dealkylation sites (N-methyl/N-ethyl adjacent to an activating group) is 1. The summed E-state index contributed by atoms with van der Waals surface area (Å²) < 4.78 is 16.8. The van der Waals surface area contributed by atoms with Crippen LogP contribution in [0.15, 0.2) is 6.07 Å². The van der Waals surface area contributed by atoms with E-state index in [1.807, 2.05) is 6.07 Å². The molecule has 0 spiro atoms. The molecule has 2 heterocycles. The van der Waals surface area contributed by atoms with Crippen LogP contribution in [0.2, 0.25) is 0 Å². The lowest BCUT2D eigenvalue weighted by atomic mass is 9.89. The van der Waals surface area contributed by atoms with Crippen LogP contribution >= 0.6 is 0 Å². The van der Waals surface area contributed by atoms with E-state index in [2.05, 4.69) is 32.7 Å². The first kappa shape index (κ1) is 17.9. The first-order chi connectivity index (χ1) is 11.8. The number of fused-ring (bicyclic) bond motifs is 2. The van der Waals surface area contributed by atoms with E-state index in [4.69, 9.17) is 14.2 Å². The van der Waals surface area contributed by atoms with Crippen molar-refractivity contribution >= 4 is 0 Å². The summed E-state index contributed by atoms with van der Waals surface area (Å²) in [4.78, 5) is 1.29. The van der Waals surface area contributed by atoms with Gasteiger partial charge in [0, 0.05) is 6.42 Å². The average Bonchev–Trinajstić information content (AvgIpc) is 2.98. The number of ether oxygens (including phenoxy) is 3. The third-order valence-corrected chi connectivity index (χ3v) is 4.81. The van der Waals surface area contributed by atoms with Crippen molar-refractivity contribution in [2.24, 2.45) is 5.92 Å². The molecule has 0 radical (unpaired) electrons. The minimum Gasteiger partial charge on any atom is -0.492 e. The summed E-state index contributed by atoms with van der Waals surface area (Å²) in [6, 6.07) is 1.99. The Morgan fingerprint density at radius 2 is 2.20 bits per heavy atom. The van der Waals surface area contributed by atoms with Gasteiger partial charge in [-0.3, -0.25) is 0 Å². The van der Waals surface area contributed by atoms with Crippen molar-refractivity contribution in [3.05, 3.63) is 17.2 Å². The average molecular weight is 346 g/mol. The zero-order chi connectivity index (χ0) is 18.2. The Morgan fingerprint density at radius 3 is 2.88 bits per heavy atom. The first-order valence-electron chi connectivity index (χ1n) is 8.89. The molecule has 0 amide bonds. The van der Waals surface area contributed by atoms with Crippen molar-refractivity contribution in [2.45, 2.75) is 45.3 Å². The fourth-order valence-corrected chi connectivity index (χ4v) is 3.79. The summed E-state index contributed by atoms with van der Waals surface area (Å²) in [5.74, 6) is 8.94. The van der Waals surface area contributed by atoms with Gasteiger partial charge in [-0.25, -0.2) is 0 Å². The van der Waals surface area contributed by atoms with Crippen molar-refractivity contribution < 1.29 is 24.2 Å². The molecule has 1 aromatic carbocycles. The minimum absolute atomic E-state index is 0.0631. The summed E-state index contributed by atoms with van der Waals surface area (Å²) in [6.07, 6.45) is 1.59. The predicted molar refractivity (Wildman–Crippen MR) is 95.2 cm³/mol. The summed E-state index contributed by atoms with van der Waals surface area (Å²) in [6.45, 7) is 7.16. The van der Waals surface area contributed by atoms with Gasteiger partial charge in [-0.2, -0.15) is 0 Å². The van der Waals surface area contributed by atoms with E-state index in [0.717, 1.165) is 24.3 Å². The van der Waals surface area contributed by atoms with E-state index in [1.165, 1.54) is 10.5 Å². The molecule has 1 unspecified atom stereocenters. The van der Waals surface area contributed by atoms with Gasteiger partial charge >= 0.3 is 0 Å². The standard InChI is InChI=1S/C20H27NO4/c1-13(2)11-20(3,22)8-6-15-17-14(7-9-21(15)4)10-16-18(19(17)23-5)25-12-24-16/h10,13,15,22H,7,9,11-12H2,1-5H3/p+1/t15-,20+/m1/s1. The van der Waals surface area contributed by atoms with Gasteiger partial charge in [-0.15, -0.1) is 0 Å². The van der Waals surface area contributed by atoms with Crippen LogP contribution in [0.4, 0.5) is 0 Å². The summed E-state index contributed by atoms with van der Waals surface area (Å²) in [7, 11) is 3.78. The van der Waals surface area contributed by atoms with Gasteiger partial charge in [0.25, 0.3) is 0 Å². The number of quaternary nitrogens is 1. The lowest BCUT2D eigenvalue weighted by molar-refractivity contribution is -0.905. The monoisotopic (exact) mass is 346 g/mol. The van der Waals surface area contributed by atoms with Crippen molar-refractivity contribution in [3.63, 3.8) is 0 Å². The van der Waals surface area contributed by atoms with Gasteiger partial charge in [0.05, 0.1) is 26.3 Å². The van der Waals surface area contributed by atoms with Gasteiger partial charge in [-0.1, -0.05) is 19.8 Å². The van der Waals surface area contributed by atoms with Crippen LogP contribution in [0.3, 0.4) is 0 Å². The molecular formula is C20H28NO4+. The molecule has 2 N–H and O–H groups in total. The Bertz CT molecular complexity index is 715. The van der Waals surface area contributed by atoms with Crippen molar-refractivity contribution in [3.8, 4) is 29.1 Å². The smallest absolute Gasteiger partial charge is 0.231 e. The quantitative estimate of drug-likeness (QED) is 0.811. The molecule has 3 atom stereocenters. The summed E-state index contributed by atoms with van der Waals surface area (Å²) in [5.41, 5.74) is 1.26. The molecule has 0 bridgehead atoms. The molecule has 2 aliphatic rings.